The first kappa shape index (κ1) is 30.9. The highest BCUT2D eigenvalue weighted by atomic mass is 32.2. The minimum absolute atomic E-state index is 0.0594. The van der Waals surface area contributed by atoms with Crippen LogP contribution in [0, 0.1) is 0 Å². The summed E-state index contributed by atoms with van der Waals surface area (Å²) >= 11 is 0. The van der Waals surface area contributed by atoms with Crippen LogP contribution >= 0.6 is 0 Å². The molecule has 2 N–H and O–H groups in total. The zero-order valence-electron chi connectivity index (χ0n) is 23.2. The summed E-state index contributed by atoms with van der Waals surface area (Å²) in [5.74, 6) is -3.77. The Hall–Kier alpha value is -4.07. The fourth-order valence-corrected chi connectivity index (χ4v) is 6.03. The maximum Gasteiger partial charge on any atom is 0.408 e. The Morgan fingerprint density at radius 1 is 1.07 bits per heavy atom. The first-order valence-corrected chi connectivity index (χ1v) is 14.9. The second kappa shape index (κ2) is 12.0. The normalized spacial score (nSPS) is 15.5. The van der Waals surface area contributed by atoms with Gasteiger partial charge in [-0.15, -0.1) is 0 Å². The first-order chi connectivity index (χ1) is 19.7. The standard InChI is InChI=1S/C28H31F2N3O8S/c1-27(2,3)41-26(36)32-19(16-42(37,38)15-17-9-4-6-11-20(17)40-25(29)30)23(35)33-28(13-8-14-28)22(34)24-31-18-10-5-7-12-21(18)39-24/h4-7,9-12,19,25H,8,13-16H2,1-3H3,(H,32,36)(H,33,35)/t19-/m0/s1. The summed E-state index contributed by atoms with van der Waals surface area (Å²) in [6.45, 7) is 1.57. The SMILES string of the molecule is CC(C)(C)OC(=O)N[C@@H](CS(=O)(=O)Cc1ccccc1OC(F)F)C(=O)NC1(C(=O)c2nc3ccccc3o2)CCC1. The van der Waals surface area contributed by atoms with Gasteiger partial charge in [0.2, 0.25) is 11.7 Å². The lowest BCUT2D eigenvalue weighted by molar-refractivity contribution is -0.125. The van der Waals surface area contributed by atoms with E-state index in [1.807, 2.05) is 0 Å². The minimum Gasteiger partial charge on any atom is -0.444 e. The molecule has 2 amide bonds. The van der Waals surface area contributed by atoms with Gasteiger partial charge in [-0.2, -0.15) is 8.78 Å². The van der Waals surface area contributed by atoms with Gasteiger partial charge < -0.3 is 24.5 Å². The number of ketones is 1. The summed E-state index contributed by atoms with van der Waals surface area (Å²) in [4.78, 5) is 43.8. The van der Waals surface area contributed by atoms with Crippen LogP contribution in [0.15, 0.2) is 52.9 Å². The Morgan fingerprint density at radius 3 is 2.36 bits per heavy atom. The summed E-state index contributed by atoms with van der Waals surface area (Å²) in [5, 5.41) is 4.90. The fourth-order valence-electron chi connectivity index (χ4n) is 4.45. The van der Waals surface area contributed by atoms with Crippen molar-refractivity contribution in [1.29, 1.82) is 0 Å². The molecule has 11 nitrogen and oxygen atoms in total. The highest BCUT2D eigenvalue weighted by Gasteiger charge is 2.49. The smallest absolute Gasteiger partial charge is 0.408 e. The number of amides is 2. The summed E-state index contributed by atoms with van der Waals surface area (Å²) in [5.41, 5.74) is -1.61. The molecule has 1 aliphatic rings. The molecule has 0 radical (unpaired) electrons. The second-order valence-corrected chi connectivity index (χ2v) is 13.1. The van der Waals surface area contributed by atoms with Gasteiger partial charge in [-0.05, 0) is 58.2 Å². The van der Waals surface area contributed by atoms with Crippen molar-refractivity contribution in [3.8, 4) is 5.75 Å². The number of benzene rings is 2. The van der Waals surface area contributed by atoms with Gasteiger partial charge in [-0.1, -0.05) is 30.3 Å². The van der Waals surface area contributed by atoms with Crippen LogP contribution in [0.2, 0.25) is 0 Å². The quantitative estimate of drug-likeness (QED) is 0.306. The topological polar surface area (TPSA) is 154 Å². The highest BCUT2D eigenvalue weighted by Crippen LogP contribution is 2.36. The third kappa shape index (κ3) is 7.60. The van der Waals surface area contributed by atoms with Crippen LogP contribution in [0.4, 0.5) is 13.6 Å². The van der Waals surface area contributed by atoms with E-state index < -0.39 is 62.9 Å². The molecule has 1 fully saturated rings. The van der Waals surface area contributed by atoms with E-state index in [0.29, 0.717) is 17.5 Å². The number of hydrogen-bond acceptors (Lipinski definition) is 9. The average molecular weight is 608 g/mol. The van der Waals surface area contributed by atoms with Crippen molar-refractivity contribution >= 4 is 38.7 Å². The Labute approximate surface area is 240 Å². The van der Waals surface area contributed by atoms with Crippen molar-refractivity contribution in [2.24, 2.45) is 0 Å². The molecule has 226 valence electrons. The second-order valence-electron chi connectivity index (χ2n) is 11.0. The third-order valence-electron chi connectivity index (χ3n) is 6.48. The number of carbonyl (C=O) groups is 3. The van der Waals surface area contributed by atoms with E-state index in [1.165, 1.54) is 24.3 Å². The van der Waals surface area contributed by atoms with Gasteiger partial charge in [0.1, 0.15) is 28.4 Å². The number of nitrogens with zero attached hydrogens (tertiary/aromatic N) is 1. The van der Waals surface area contributed by atoms with Gasteiger partial charge in [0.15, 0.2) is 15.4 Å². The first-order valence-electron chi connectivity index (χ1n) is 13.1. The van der Waals surface area contributed by atoms with Crippen molar-refractivity contribution < 1.29 is 45.5 Å². The maximum atomic E-state index is 13.5. The van der Waals surface area contributed by atoms with Gasteiger partial charge in [-0.25, -0.2) is 18.2 Å². The molecular weight excluding hydrogens is 576 g/mol. The molecule has 1 saturated carbocycles. The van der Waals surface area contributed by atoms with Crippen LogP contribution in [0.5, 0.6) is 5.75 Å². The molecule has 0 aliphatic heterocycles. The monoisotopic (exact) mass is 607 g/mol. The Kier molecular flexibility index (Phi) is 8.85. The van der Waals surface area contributed by atoms with Crippen LogP contribution in [-0.2, 0) is 25.1 Å². The number of alkyl halides is 2. The van der Waals surface area contributed by atoms with Gasteiger partial charge >= 0.3 is 12.7 Å². The van der Waals surface area contributed by atoms with Crippen LogP contribution in [0.1, 0.15) is 56.3 Å². The number of oxazole rings is 1. The van der Waals surface area contributed by atoms with Gasteiger partial charge in [0.05, 0.1) is 11.5 Å². The van der Waals surface area contributed by atoms with E-state index in [-0.39, 0.29) is 30.0 Å². The number of alkyl carbamates (subject to hydrolysis) is 1. The molecule has 1 heterocycles. The molecule has 1 aliphatic carbocycles. The molecule has 3 aromatic rings. The number of hydrogen-bond donors (Lipinski definition) is 2. The Balaban J connectivity index is 1.57. The Bertz CT molecular complexity index is 1550. The number of para-hydroxylation sites is 3. The van der Waals surface area contributed by atoms with Gasteiger partial charge in [-0.3, -0.25) is 9.59 Å². The largest absolute Gasteiger partial charge is 0.444 e. The Morgan fingerprint density at radius 2 is 1.74 bits per heavy atom. The van der Waals surface area contributed by atoms with Crippen LogP contribution < -0.4 is 15.4 Å². The number of nitrogens with one attached hydrogen (secondary N) is 2. The lowest BCUT2D eigenvalue weighted by Crippen LogP contribution is -2.63. The minimum atomic E-state index is -4.23. The molecule has 0 saturated heterocycles. The van der Waals surface area contributed by atoms with Crippen molar-refractivity contribution in [3.63, 3.8) is 0 Å². The molecular formula is C28H31F2N3O8S. The van der Waals surface area contributed by atoms with E-state index in [0.717, 1.165) is 0 Å². The zero-order chi connectivity index (χ0) is 30.7. The number of ether oxygens (including phenoxy) is 2. The van der Waals surface area contributed by atoms with Crippen molar-refractivity contribution in [3.05, 3.63) is 60.0 Å². The zero-order valence-corrected chi connectivity index (χ0v) is 24.0. The number of sulfone groups is 1. The number of carbonyl (C=O) groups excluding carboxylic acids is 3. The molecule has 42 heavy (non-hydrogen) atoms. The van der Waals surface area contributed by atoms with Crippen molar-refractivity contribution in [2.45, 2.75) is 69.6 Å². The van der Waals surface area contributed by atoms with Crippen LogP contribution in [-0.4, -0.2) is 60.7 Å². The van der Waals surface area contributed by atoms with E-state index in [4.69, 9.17) is 9.15 Å². The van der Waals surface area contributed by atoms with Crippen molar-refractivity contribution in [2.75, 3.05) is 5.75 Å². The van der Waals surface area contributed by atoms with E-state index in [2.05, 4.69) is 20.4 Å². The number of Topliss-reactive ketones (excluding diaryl/α,β-unsaturated/α-hetero) is 1. The third-order valence-corrected chi connectivity index (χ3v) is 8.08. The van der Waals surface area contributed by atoms with Gasteiger partial charge in [0.25, 0.3) is 5.89 Å². The fraction of sp³-hybridized carbons (Fsp3) is 0.429. The van der Waals surface area contributed by atoms with E-state index >= 15 is 0 Å². The number of halogens is 2. The molecule has 0 bridgehead atoms. The summed E-state index contributed by atoms with van der Waals surface area (Å²) in [7, 11) is -4.23. The highest BCUT2D eigenvalue weighted by molar-refractivity contribution is 7.90. The number of aromatic nitrogens is 1. The molecule has 14 heteroatoms. The molecule has 0 unspecified atom stereocenters. The van der Waals surface area contributed by atoms with Gasteiger partial charge in [0, 0.05) is 5.56 Å². The van der Waals surface area contributed by atoms with Crippen LogP contribution in [0.3, 0.4) is 0 Å². The lowest BCUT2D eigenvalue weighted by atomic mass is 9.73. The predicted molar refractivity (Wildman–Crippen MR) is 147 cm³/mol. The lowest BCUT2D eigenvalue weighted by Gasteiger charge is -2.40. The van der Waals surface area contributed by atoms with Crippen molar-refractivity contribution in [1.82, 2.24) is 15.6 Å². The van der Waals surface area contributed by atoms with E-state index in [9.17, 15) is 31.6 Å². The summed E-state index contributed by atoms with van der Waals surface area (Å²) in [6.07, 6.45) is 0.00344. The maximum absolute atomic E-state index is 13.5. The average Bonchev–Trinajstić information content (AvgIpc) is 3.29. The molecule has 2 aromatic carbocycles. The molecule has 1 aromatic heterocycles. The number of fused-ring (bicyclic) bond motifs is 1. The molecule has 0 spiro atoms. The molecule has 1 atom stereocenters. The summed E-state index contributed by atoms with van der Waals surface area (Å²) < 4.78 is 67.4. The molecule has 4 rings (SSSR count). The van der Waals surface area contributed by atoms with Crippen LogP contribution in [0.25, 0.3) is 11.1 Å². The summed E-state index contributed by atoms with van der Waals surface area (Å²) in [6, 6.07) is 10.4. The van der Waals surface area contributed by atoms with E-state index in [1.54, 1.807) is 45.0 Å². The number of rotatable bonds is 11. The predicted octanol–water partition coefficient (Wildman–Crippen LogP) is 4.16.